The first-order chi connectivity index (χ1) is 11.7. The second-order valence-corrected chi connectivity index (χ2v) is 7.90. The van der Waals surface area contributed by atoms with E-state index in [1.807, 2.05) is 40.3 Å². The fourth-order valence-corrected chi connectivity index (χ4v) is 4.36. The summed E-state index contributed by atoms with van der Waals surface area (Å²) in [6.45, 7) is 2.90. The quantitative estimate of drug-likeness (QED) is 0.305. The average molecular weight is 379 g/mol. The predicted octanol–water partition coefficient (Wildman–Crippen LogP) is 5.59. The van der Waals surface area contributed by atoms with E-state index in [2.05, 4.69) is 6.92 Å². The van der Waals surface area contributed by atoms with Crippen LogP contribution in [-0.2, 0) is 12.3 Å². The fourth-order valence-electron chi connectivity index (χ4n) is 2.48. The summed E-state index contributed by atoms with van der Waals surface area (Å²) >= 11 is 9.02. The number of aromatic nitrogens is 2. The minimum atomic E-state index is 0.0877. The van der Waals surface area contributed by atoms with Gasteiger partial charge in [-0.25, -0.2) is 4.98 Å². The highest BCUT2D eigenvalue weighted by Gasteiger charge is 2.12. The standard InChI is InChI=1S/C18H19ClN2OS2/c1-2-3-4-10-21-17(22)16-15(9-11-23-16)20-18(21)24-12-13-5-7-14(19)8-6-13/h5-9,11H,2-4,10,12H2,1H3. The van der Waals surface area contributed by atoms with Crippen molar-refractivity contribution in [2.75, 3.05) is 0 Å². The van der Waals surface area contributed by atoms with Gasteiger partial charge in [-0.05, 0) is 35.6 Å². The van der Waals surface area contributed by atoms with Gasteiger partial charge in [0.15, 0.2) is 5.16 Å². The number of unbranched alkanes of at least 4 members (excludes halogenated alkanes) is 2. The second-order valence-electron chi connectivity index (χ2n) is 5.61. The van der Waals surface area contributed by atoms with Gasteiger partial charge in [-0.1, -0.05) is 55.3 Å². The predicted molar refractivity (Wildman–Crippen MR) is 104 cm³/mol. The van der Waals surface area contributed by atoms with E-state index in [0.29, 0.717) is 0 Å². The van der Waals surface area contributed by atoms with Crippen molar-refractivity contribution < 1.29 is 0 Å². The van der Waals surface area contributed by atoms with Gasteiger partial charge in [0.2, 0.25) is 0 Å². The Bertz CT molecular complexity index is 871. The molecule has 0 amide bonds. The lowest BCUT2D eigenvalue weighted by Crippen LogP contribution is -2.22. The van der Waals surface area contributed by atoms with Gasteiger partial charge in [0.25, 0.3) is 5.56 Å². The Morgan fingerprint density at radius 1 is 1.21 bits per heavy atom. The van der Waals surface area contributed by atoms with Crippen molar-refractivity contribution in [3.63, 3.8) is 0 Å². The maximum absolute atomic E-state index is 12.8. The summed E-state index contributed by atoms with van der Waals surface area (Å²) in [4.78, 5) is 17.5. The third kappa shape index (κ3) is 4.02. The molecule has 0 aliphatic heterocycles. The Balaban J connectivity index is 1.87. The molecule has 0 saturated heterocycles. The number of benzene rings is 1. The van der Waals surface area contributed by atoms with E-state index in [4.69, 9.17) is 16.6 Å². The van der Waals surface area contributed by atoms with Crippen LogP contribution >= 0.6 is 34.7 Å². The van der Waals surface area contributed by atoms with Crippen molar-refractivity contribution in [3.8, 4) is 0 Å². The van der Waals surface area contributed by atoms with Crippen molar-refractivity contribution >= 4 is 44.9 Å². The van der Waals surface area contributed by atoms with Gasteiger partial charge >= 0.3 is 0 Å². The summed E-state index contributed by atoms with van der Waals surface area (Å²) < 4.78 is 2.59. The van der Waals surface area contributed by atoms with Crippen molar-refractivity contribution in [2.24, 2.45) is 0 Å². The molecule has 126 valence electrons. The van der Waals surface area contributed by atoms with Crippen LogP contribution in [-0.4, -0.2) is 9.55 Å². The van der Waals surface area contributed by atoms with E-state index in [-0.39, 0.29) is 5.56 Å². The molecule has 2 aromatic heterocycles. The summed E-state index contributed by atoms with van der Waals surface area (Å²) in [5, 5.41) is 3.47. The maximum Gasteiger partial charge on any atom is 0.272 e. The Labute approximate surface area is 154 Å². The molecule has 3 aromatic rings. The number of halogens is 1. The Hall–Kier alpha value is -1.30. The van der Waals surface area contributed by atoms with Gasteiger partial charge in [0, 0.05) is 17.3 Å². The monoisotopic (exact) mass is 378 g/mol. The molecule has 2 heterocycles. The molecule has 0 N–H and O–H groups in total. The zero-order valence-corrected chi connectivity index (χ0v) is 15.9. The molecule has 0 unspecified atom stereocenters. The lowest BCUT2D eigenvalue weighted by molar-refractivity contribution is 0.542. The first kappa shape index (κ1) is 17.5. The molecule has 0 aliphatic carbocycles. The van der Waals surface area contributed by atoms with Gasteiger partial charge in [0.1, 0.15) is 4.70 Å². The minimum Gasteiger partial charge on any atom is -0.286 e. The van der Waals surface area contributed by atoms with Crippen molar-refractivity contribution in [2.45, 2.75) is 43.6 Å². The number of rotatable bonds is 7. The second kappa shape index (κ2) is 8.19. The van der Waals surface area contributed by atoms with E-state index in [1.165, 1.54) is 16.9 Å². The molecule has 0 radical (unpaired) electrons. The van der Waals surface area contributed by atoms with E-state index < -0.39 is 0 Å². The fraction of sp³-hybridized carbons (Fsp3) is 0.333. The van der Waals surface area contributed by atoms with Crippen molar-refractivity contribution in [1.82, 2.24) is 9.55 Å². The third-order valence-corrected chi connectivity index (χ3v) is 5.99. The first-order valence-electron chi connectivity index (χ1n) is 8.04. The minimum absolute atomic E-state index is 0.0877. The zero-order chi connectivity index (χ0) is 16.9. The van der Waals surface area contributed by atoms with Gasteiger partial charge in [0.05, 0.1) is 5.52 Å². The molecule has 0 saturated carbocycles. The SMILES string of the molecule is CCCCCn1c(SCc2ccc(Cl)cc2)nc2ccsc2c1=O. The third-order valence-electron chi connectivity index (χ3n) is 3.80. The van der Waals surface area contributed by atoms with Crippen LogP contribution < -0.4 is 5.56 Å². The number of fused-ring (bicyclic) bond motifs is 1. The molecule has 1 aromatic carbocycles. The van der Waals surface area contributed by atoms with Crippen LogP contribution in [0.1, 0.15) is 31.7 Å². The van der Waals surface area contributed by atoms with E-state index in [1.54, 1.807) is 11.8 Å². The molecule has 0 atom stereocenters. The van der Waals surface area contributed by atoms with E-state index >= 15 is 0 Å². The summed E-state index contributed by atoms with van der Waals surface area (Å²) in [6.07, 6.45) is 3.26. The number of thioether (sulfide) groups is 1. The van der Waals surface area contributed by atoms with Gasteiger partial charge < -0.3 is 0 Å². The van der Waals surface area contributed by atoms with Crippen LogP contribution in [0.3, 0.4) is 0 Å². The lowest BCUT2D eigenvalue weighted by atomic mass is 10.2. The summed E-state index contributed by atoms with van der Waals surface area (Å²) in [5.74, 6) is 0.771. The van der Waals surface area contributed by atoms with E-state index in [9.17, 15) is 4.79 Å². The lowest BCUT2D eigenvalue weighted by Gasteiger charge is -2.11. The molecule has 3 rings (SSSR count). The van der Waals surface area contributed by atoms with Crippen molar-refractivity contribution in [1.29, 1.82) is 0 Å². The first-order valence-corrected chi connectivity index (χ1v) is 10.3. The molecule has 0 spiro atoms. The maximum atomic E-state index is 12.8. The number of nitrogens with zero attached hydrogens (tertiary/aromatic N) is 2. The molecule has 0 fully saturated rings. The molecule has 6 heteroatoms. The van der Waals surface area contributed by atoms with Crippen LogP contribution in [0.25, 0.3) is 10.2 Å². The number of hydrogen-bond acceptors (Lipinski definition) is 4. The van der Waals surface area contributed by atoms with E-state index in [0.717, 1.165) is 52.0 Å². The highest BCUT2D eigenvalue weighted by Crippen LogP contribution is 2.25. The highest BCUT2D eigenvalue weighted by molar-refractivity contribution is 7.98. The van der Waals surface area contributed by atoms with Crippen LogP contribution in [0, 0.1) is 0 Å². The zero-order valence-electron chi connectivity index (χ0n) is 13.5. The summed E-state index contributed by atoms with van der Waals surface area (Å²) in [5.41, 5.74) is 2.06. The Morgan fingerprint density at radius 3 is 2.75 bits per heavy atom. The molecule has 24 heavy (non-hydrogen) atoms. The smallest absolute Gasteiger partial charge is 0.272 e. The van der Waals surface area contributed by atoms with Gasteiger partial charge in [-0.2, -0.15) is 0 Å². The number of hydrogen-bond donors (Lipinski definition) is 0. The van der Waals surface area contributed by atoms with Crippen LogP contribution in [0.4, 0.5) is 0 Å². The van der Waals surface area contributed by atoms with Crippen LogP contribution in [0.5, 0.6) is 0 Å². The molecular formula is C18H19ClN2OS2. The molecule has 0 bridgehead atoms. The van der Waals surface area contributed by atoms with Crippen LogP contribution in [0.15, 0.2) is 45.7 Å². The molecule has 3 nitrogen and oxygen atoms in total. The summed E-state index contributed by atoms with van der Waals surface area (Å²) in [7, 11) is 0. The Kier molecular flexibility index (Phi) is 5.98. The van der Waals surface area contributed by atoms with Crippen LogP contribution in [0.2, 0.25) is 5.02 Å². The topological polar surface area (TPSA) is 34.9 Å². The Morgan fingerprint density at radius 2 is 2.00 bits per heavy atom. The van der Waals surface area contributed by atoms with Gasteiger partial charge in [-0.15, -0.1) is 11.3 Å². The van der Waals surface area contributed by atoms with Crippen molar-refractivity contribution in [3.05, 3.63) is 56.7 Å². The summed E-state index contributed by atoms with van der Waals surface area (Å²) in [6, 6.07) is 9.72. The normalized spacial score (nSPS) is 11.2. The molecular weight excluding hydrogens is 360 g/mol. The average Bonchev–Trinajstić information content (AvgIpc) is 3.05. The molecule has 0 aliphatic rings. The highest BCUT2D eigenvalue weighted by atomic mass is 35.5. The largest absolute Gasteiger partial charge is 0.286 e. The number of thiophene rings is 1. The van der Waals surface area contributed by atoms with Gasteiger partial charge in [-0.3, -0.25) is 9.36 Å².